The number of nitrogens with zero attached hydrogens (tertiary/aromatic N) is 2. The Kier molecular flexibility index (Phi) is 5.30. The van der Waals surface area contributed by atoms with E-state index < -0.39 is 23.6 Å². The Bertz CT molecular complexity index is 967. The molecule has 0 radical (unpaired) electrons. The highest BCUT2D eigenvalue weighted by Gasteiger charge is 2.52. The molecule has 30 heavy (non-hydrogen) atoms. The monoisotopic (exact) mass is 407 g/mol. The van der Waals surface area contributed by atoms with Crippen LogP contribution in [0.25, 0.3) is 0 Å². The number of piperidine rings is 1. The molecule has 0 bridgehead atoms. The second-order valence-corrected chi connectivity index (χ2v) is 7.74. The van der Waals surface area contributed by atoms with E-state index in [2.05, 4.69) is 0 Å². The number of carbonyl (C=O) groups is 3. The van der Waals surface area contributed by atoms with Crippen LogP contribution in [0, 0.1) is 6.92 Å². The van der Waals surface area contributed by atoms with Crippen LogP contribution in [0.4, 0.5) is 0 Å². The van der Waals surface area contributed by atoms with Gasteiger partial charge in [-0.3, -0.25) is 14.5 Å². The van der Waals surface area contributed by atoms with Crippen LogP contribution in [0.1, 0.15) is 39.1 Å². The molecule has 0 aromatic heterocycles. The van der Waals surface area contributed by atoms with Crippen LogP contribution in [0.2, 0.25) is 0 Å². The molecular formula is C23H23N2O5-. The van der Waals surface area contributed by atoms with Gasteiger partial charge in [-0.15, -0.1) is 0 Å². The van der Waals surface area contributed by atoms with Crippen LogP contribution in [0.3, 0.4) is 0 Å². The lowest BCUT2D eigenvalue weighted by Crippen LogP contribution is -2.60. The molecule has 0 N–H and O–H groups in total. The Morgan fingerprint density at radius 1 is 0.967 bits per heavy atom. The van der Waals surface area contributed by atoms with E-state index in [4.69, 9.17) is 4.74 Å². The molecule has 2 aliphatic heterocycles. The highest BCUT2D eigenvalue weighted by atomic mass is 16.5. The largest absolute Gasteiger partial charge is 0.548 e. The van der Waals surface area contributed by atoms with Gasteiger partial charge >= 0.3 is 0 Å². The second-order valence-electron chi connectivity index (χ2n) is 7.74. The number of likely N-dealkylation sites (tertiary alicyclic amines) is 1. The number of aliphatic carboxylic acids is 1. The van der Waals surface area contributed by atoms with Crippen molar-refractivity contribution in [3.8, 4) is 0 Å². The van der Waals surface area contributed by atoms with E-state index in [0.717, 1.165) is 5.56 Å². The molecule has 7 nitrogen and oxygen atoms in total. The summed E-state index contributed by atoms with van der Waals surface area (Å²) in [4.78, 5) is 40.9. The summed E-state index contributed by atoms with van der Waals surface area (Å²) < 4.78 is 5.91. The average molecular weight is 407 g/mol. The van der Waals surface area contributed by atoms with Crippen molar-refractivity contribution in [2.24, 2.45) is 0 Å². The molecule has 2 saturated heterocycles. The predicted molar refractivity (Wildman–Crippen MR) is 106 cm³/mol. The highest BCUT2D eigenvalue weighted by molar-refractivity contribution is 5.97. The first-order valence-electron chi connectivity index (χ1n) is 10.0. The minimum atomic E-state index is -1.34. The molecular weight excluding hydrogens is 384 g/mol. The van der Waals surface area contributed by atoms with Gasteiger partial charge in [0.1, 0.15) is 5.72 Å². The van der Waals surface area contributed by atoms with Gasteiger partial charge in [0.15, 0.2) is 0 Å². The molecule has 2 aromatic rings. The number of carbonyl (C=O) groups excluding carboxylic acids is 3. The topological polar surface area (TPSA) is 90.0 Å². The first-order valence-corrected chi connectivity index (χ1v) is 10.0. The fraction of sp³-hybridized carbons (Fsp3) is 0.348. The molecule has 2 fully saturated rings. The zero-order valence-corrected chi connectivity index (χ0v) is 16.7. The van der Waals surface area contributed by atoms with Crippen LogP contribution < -0.4 is 5.11 Å². The number of carboxylic acids is 1. The van der Waals surface area contributed by atoms with E-state index in [9.17, 15) is 19.5 Å². The van der Waals surface area contributed by atoms with Crippen molar-refractivity contribution in [1.29, 1.82) is 0 Å². The van der Waals surface area contributed by atoms with E-state index in [0.29, 0.717) is 37.1 Å². The summed E-state index contributed by atoms with van der Waals surface area (Å²) in [5.74, 6) is -1.81. The van der Waals surface area contributed by atoms with Crippen molar-refractivity contribution in [3.05, 3.63) is 71.3 Å². The minimum Gasteiger partial charge on any atom is -0.548 e. The molecule has 156 valence electrons. The number of hydrogen-bond acceptors (Lipinski definition) is 5. The maximum Gasteiger partial charge on any atom is 0.256 e. The van der Waals surface area contributed by atoms with Gasteiger partial charge in [-0.2, -0.15) is 0 Å². The molecule has 0 unspecified atom stereocenters. The van der Waals surface area contributed by atoms with Gasteiger partial charge in [0.25, 0.3) is 11.8 Å². The van der Waals surface area contributed by atoms with Crippen molar-refractivity contribution < 1.29 is 24.2 Å². The van der Waals surface area contributed by atoms with Crippen molar-refractivity contribution >= 4 is 17.8 Å². The number of rotatable bonds is 3. The molecule has 2 aromatic carbocycles. The minimum absolute atomic E-state index is 0.0710. The summed E-state index contributed by atoms with van der Waals surface area (Å²) in [5, 5.41) is 11.7. The van der Waals surface area contributed by atoms with Crippen LogP contribution in [0.15, 0.2) is 54.6 Å². The number of aryl methyl sites for hydroxylation is 1. The SMILES string of the molecule is Cc1ccccc1C(=O)N1CCC2(CC1)OC[C@@H](C(=O)[O-])N2C(=O)c1ccccc1. The summed E-state index contributed by atoms with van der Waals surface area (Å²) >= 11 is 0. The number of amides is 2. The quantitative estimate of drug-likeness (QED) is 0.763. The van der Waals surface area contributed by atoms with Gasteiger partial charge in [-0.25, -0.2) is 0 Å². The van der Waals surface area contributed by atoms with E-state index in [1.54, 1.807) is 41.3 Å². The van der Waals surface area contributed by atoms with Gasteiger partial charge in [-0.05, 0) is 30.7 Å². The first kappa shape index (κ1) is 20.1. The normalized spacial score (nSPS) is 20.4. The van der Waals surface area contributed by atoms with Crippen LogP contribution in [-0.2, 0) is 9.53 Å². The number of hydrogen-bond donors (Lipinski definition) is 0. The van der Waals surface area contributed by atoms with Crippen LogP contribution in [-0.4, -0.2) is 59.0 Å². The van der Waals surface area contributed by atoms with Gasteiger partial charge in [0.05, 0.1) is 18.6 Å². The third-order valence-corrected chi connectivity index (χ3v) is 5.98. The molecule has 1 atom stereocenters. The molecule has 0 aliphatic carbocycles. The van der Waals surface area contributed by atoms with Gasteiger partial charge < -0.3 is 19.5 Å². The zero-order valence-electron chi connectivity index (χ0n) is 16.7. The first-order chi connectivity index (χ1) is 14.4. The standard InChI is InChI=1S/C23H24N2O5/c1-16-7-5-6-10-18(16)21(27)24-13-11-23(12-14-24)25(19(15-30-23)22(28)29)20(26)17-8-3-2-4-9-17/h2-10,19H,11-15H2,1H3,(H,28,29)/p-1/t19-/m0/s1. The molecule has 0 saturated carbocycles. The van der Waals surface area contributed by atoms with Crippen LogP contribution in [0.5, 0.6) is 0 Å². The van der Waals surface area contributed by atoms with E-state index >= 15 is 0 Å². The molecule has 2 amide bonds. The summed E-state index contributed by atoms with van der Waals surface area (Å²) in [6.45, 7) is 2.51. The van der Waals surface area contributed by atoms with Gasteiger partial charge in [0.2, 0.25) is 0 Å². The van der Waals surface area contributed by atoms with Gasteiger partial charge in [0, 0.05) is 37.1 Å². The molecule has 4 rings (SSSR count). The lowest BCUT2D eigenvalue weighted by atomic mass is 9.95. The fourth-order valence-electron chi connectivity index (χ4n) is 4.31. The van der Waals surface area contributed by atoms with Crippen molar-refractivity contribution in [3.63, 3.8) is 0 Å². The zero-order chi connectivity index (χ0) is 21.3. The van der Waals surface area contributed by atoms with Crippen molar-refractivity contribution in [1.82, 2.24) is 9.80 Å². The smallest absolute Gasteiger partial charge is 0.256 e. The van der Waals surface area contributed by atoms with Crippen molar-refractivity contribution in [2.45, 2.75) is 31.5 Å². The number of benzene rings is 2. The molecule has 2 aliphatic rings. The Balaban J connectivity index is 1.56. The summed E-state index contributed by atoms with van der Waals surface area (Å²) in [5.41, 5.74) is 0.885. The molecule has 1 spiro atoms. The Labute approximate surface area is 174 Å². The lowest BCUT2D eigenvalue weighted by Gasteiger charge is -2.45. The third-order valence-electron chi connectivity index (χ3n) is 5.98. The van der Waals surface area contributed by atoms with Crippen LogP contribution >= 0.6 is 0 Å². The fourth-order valence-corrected chi connectivity index (χ4v) is 4.31. The van der Waals surface area contributed by atoms with E-state index in [-0.39, 0.29) is 12.5 Å². The van der Waals surface area contributed by atoms with Gasteiger partial charge in [-0.1, -0.05) is 36.4 Å². The lowest BCUT2D eigenvalue weighted by molar-refractivity contribution is -0.310. The number of ether oxygens (including phenoxy) is 1. The third kappa shape index (κ3) is 3.45. The summed E-state index contributed by atoms with van der Waals surface area (Å²) in [6.07, 6.45) is 0.681. The predicted octanol–water partition coefficient (Wildman–Crippen LogP) is 1.22. The Morgan fingerprint density at radius 3 is 2.23 bits per heavy atom. The summed E-state index contributed by atoms with van der Waals surface area (Å²) in [6, 6.07) is 14.8. The molecule has 7 heteroatoms. The maximum atomic E-state index is 13.2. The second kappa shape index (κ2) is 7.91. The van der Waals surface area contributed by atoms with E-state index in [1.807, 2.05) is 25.1 Å². The Morgan fingerprint density at radius 2 is 1.60 bits per heavy atom. The average Bonchev–Trinajstić information content (AvgIpc) is 3.13. The highest BCUT2D eigenvalue weighted by Crippen LogP contribution is 2.38. The Hall–Kier alpha value is -3.19. The van der Waals surface area contributed by atoms with Crippen molar-refractivity contribution in [2.75, 3.05) is 19.7 Å². The number of carboxylic acid groups (broad SMARTS) is 1. The summed E-state index contributed by atoms with van der Waals surface area (Å²) in [7, 11) is 0. The molecule has 2 heterocycles. The van der Waals surface area contributed by atoms with E-state index in [1.165, 1.54) is 4.90 Å². The maximum absolute atomic E-state index is 13.2.